The Bertz CT molecular complexity index is 1180. The molecule has 2 atom stereocenters. The van der Waals surface area contributed by atoms with Crippen LogP contribution in [0.5, 0.6) is 0 Å². The summed E-state index contributed by atoms with van der Waals surface area (Å²) in [6, 6.07) is -2.04. The van der Waals surface area contributed by atoms with E-state index in [9.17, 15) is 38.7 Å². The number of unbranched alkanes of at least 4 members (excludes halogenated alkanes) is 14. The third kappa shape index (κ3) is 39.5. The van der Waals surface area contributed by atoms with Gasteiger partial charge in [0.05, 0.1) is 39.6 Å². The quantitative estimate of drug-likeness (QED) is 0.0409. The Kier molecular flexibility index (Phi) is 37.9. The summed E-state index contributed by atoms with van der Waals surface area (Å²) in [5, 5.41) is 37.4. The molecule has 0 saturated carbocycles. The lowest BCUT2D eigenvalue weighted by molar-refractivity contribution is -0.142. The van der Waals surface area contributed by atoms with E-state index >= 15 is 0 Å². The Morgan fingerprint density at radius 3 is 1.32 bits per heavy atom. The molecular weight excluding hydrogens is 786 g/mol. The monoisotopic (exact) mass is 862 g/mol. The molecule has 0 heterocycles. The molecule has 9 N–H and O–H groups in total. The van der Waals surface area contributed by atoms with Crippen LogP contribution >= 0.6 is 0 Å². The molecule has 0 aromatic heterocycles. The van der Waals surface area contributed by atoms with Crippen LogP contribution < -0.4 is 27.0 Å². The van der Waals surface area contributed by atoms with E-state index in [1.807, 2.05) is 0 Å². The lowest BCUT2D eigenvalue weighted by atomic mass is 10.0. The van der Waals surface area contributed by atoms with Crippen molar-refractivity contribution in [2.45, 2.75) is 147 Å². The summed E-state index contributed by atoms with van der Waals surface area (Å²) in [5.74, 6) is -4.27. The molecule has 348 valence electrons. The number of carbonyl (C=O) groups is 7. The first-order valence-electron chi connectivity index (χ1n) is 21.8. The average Bonchev–Trinajstić information content (AvgIpc) is 3.20. The van der Waals surface area contributed by atoms with Crippen molar-refractivity contribution >= 4 is 41.5 Å². The van der Waals surface area contributed by atoms with E-state index < -0.39 is 30.0 Å². The molecule has 4 amide bonds. The number of nitrogens with one attached hydrogen (secondary N) is 4. The average molecular weight is 862 g/mol. The topological polar surface area (TPSA) is 291 Å². The number of carboxylic acids is 3. The van der Waals surface area contributed by atoms with Gasteiger partial charge in [0, 0.05) is 38.9 Å². The Labute approximate surface area is 355 Å². The molecule has 0 saturated heterocycles. The van der Waals surface area contributed by atoms with E-state index in [1.165, 1.54) is 38.5 Å². The molecule has 0 aliphatic heterocycles. The SMILES string of the molecule is N[C@H](CCCCNC(=O)COCCOCCNC(=O)COCCOCCNC(=O)CC[C@H](NC(=O)CCCCCCCCCCCCCCCCC(=O)O)C(=O)O)C(=O)O. The van der Waals surface area contributed by atoms with Gasteiger partial charge in [0.1, 0.15) is 25.3 Å². The molecule has 0 unspecified atom stereocenters. The van der Waals surface area contributed by atoms with Gasteiger partial charge in [-0.25, -0.2) is 4.79 Å². The minimum absolute atomic E-state index is 0.0318. The zero-order valence-electron chi connectivity index (χ0n) is 35.7. The van der Waals surface area contributed by atoms with Crippen LogP contribution in [-0.4, -0.2) is 141 Å². The second-order valence-corrected chi connectivity index (χ2v) is 14.7. The summed E-state index contributed by atoms with van der Waals surface area (Å²) in [5.41, 5.74) is 5.42. The fourth-order valence-corrected chi connectivity index (χ4v) is 5.81. The number of nitrogens with two attached hydrogens (primary N) is 1. The third-order valence-corrected chi connectivity index (χ3v) is 9.27. The second kappa shape index (κ2) is 40.5. The molecule has 0 aliphatic carbocycles. The lowest BCUT2D eigenvalue weighted by Crippen LogP contribution is -2.41. The molecule has 0 fully saturated rings. The molecule has 0 spiro atoms. The fourth-order valence-electron chi connectivity index (χ4n) is 5.81. The van der Waals surface area contributed by atoms with Crippen molar-refractivity contribution < 1.29 is 67.8 Å². The van der Waals surface area contributed by atoms with Crippen molar-refractivity contribution in [3.05, 3.63) is 0 Å². The predicted octanol–water partition coefficient (Wildman–Crippen LogP) is 2.66. The summed E-state index contributed by atoms with van der Waals surface area (Å²) in [6.45, 7) is 1.78. The molecule has 0 rings (SSSR count). The van der Waals surface area contributed by atoms with E-state index in [0.29, 0.717) is 32.2 Å². The van der Waals surface area contributed by atoms with E-state index in [-0.39, 0.29) is 115 Å². The number of carbonyl (C=O) groups excluding carboxylic acids is 4. The van der Waals surface area contributed by atoms with E-state index in [4.69, 9.17) is 34.9 Å². The molecule has 0 radical (unpaired) electrons. The largest absolute Gasteiger partial charge is 0.481 e. The molecule has 19 nitrogen and oxygen atoms in total. The number of ether oxygens (including phenoxy) is 4. The smallest absolute Gasteiger partial charge is 0.326 e. The maximum Gasteiger partial charge on any atom is 0.326 e. The third-order valence-electron chi connectivity index (χ3n) is 9.27. The second-order valence-electron chi connectivity index (χ2n) is 14.7. The summed E-state index contributed by atoms with van der Waals surface area (Å²) in [7, 11) is 0. The molecule has 0 bridgehead atoms. The highest BCUT2D eigenvalue weighted by atomic mass is 16.5. The van der Waals surface area contributed by atoms with Gasteiger partial charge in [0.15, 0.2) is 0 Å². The van der Waals surface area contributed by atoms with E-state index in [0.717, 1.165) is 44.9 Å². The first kappa shape index (κ1) is 56.1. The van der Waals surface area contributed by atoms with Crippen LogP contribution in [0.2, 0.25) is 0 Å². The van der Waals surface area contributed by atoms with Crippen LogP contribution in [0.4, 0.5) is 0 Å². The number of amides is 4. The molecule has 60 heavy (non-hydrogen) atoms. The van der Waals surface area contributed by atoms with Crippen molar-refractivity contribution in [1.82, 2.24) is 21.3 Å². The molecule has 0 aromatic carbocycles. The van der Waals surface area contributed by atoms with Crippen LogP contribution in [-0.2, 0) is 52.5 Å². The Balaban J connectivity index is 3.65. The summed E-state index contributed by atoms with van der Waals surface area (Å²) in [4.78, 5) is 80.9. The Hall–Kier alpha value is -3.91. The van der Waals surface area contributed by atoms with Crippen molar-refractivity contribution in [3.8, 4) is 0 Å². The molecule has 0 aliphatic rings. The van der Waals surface area contributed by atoms with E-state index in [2.05, 4.69) is 21.3 Å². The Morgan fingerprint density at radius 2 is 0.850 bits per heavy atom. The summed E-state index contributed by atoms with van der Waals surface area (Å²) < 4.78 is 21.2. The fraction of sp³-hybridized carbons (Fsp3) is 0.829. The number of carboxylic acid groups (broad SMARTS) is 3. The molecule has 0 aromatic rings. The maximum absolute atomic E-state index is 12.3. The van der Waals surface area contributed by atoms with Gasteiger partial charge in [-0.2, -0.15) is 0 Å². The van der Waals surface area contributed by atoms with Gasteiger partial charge in [-0.05, 0) is 38.5 Å². The number of aliphatic carboxylic acids is 3. The van der Waals surface area contributed by atoms with Crippen LogP contribution in [0, 0.1) is 0 Å². The first-order chi connectivity index (χ1) is 28.9. The van der Waals surface area contributed by atoms with Gasteiger partial charge < -0.3 is 61.3 Å². The minimum Gasteiger partial charge on any atom is -0.481 e. The maximum atomic E-state index is 12.3. The highest BCUT2D eigenvalue weighted by Gasteiger charge is 2.21. The Morgan fingerprint density at radius 1 is 0.417 bits per heavy atom. The molecular formula is C41H75N5O14. The van der Waals surface area contributed by atoms with Crippen molar-refractivity contribution in [2.24, 2.45) is 5.73 Å². The van der Waals surface area contributed by atoms with E-state index in [1.54, 1.807) is 0 Å². The van der Waals surface area contributed by atoms with Crippen molar-refractivity contribution in [3.63, 3.8) is 0 Å². The van der Waals surface area contributed by atoms with Crippen LogP contribution in [0.1, 0.15) is 135 Å². The van der Waals surface area contributed by atoms with Gasteiger partial charge in [0.25, 0.3) is 0 Å². The normalized spacial score (nSPS) is 12.0. The molecule has 19 heteroatoms. The summed E-state index contributed by atoms with van der Waals surface area (Å²) >= 11 is 0. The van der Waals surface area contributed by atoms with Crippen LogP contribution in [0.25, 0.3) is 0 Å². The highest BCUT2D eigenvalue weighted by Crippen LogP contribution is 2.14. The van der Waals surface area contributed by atoms with Gasteiger partial charge in [-0.1, -0.05) is 77.0 Å². The minimum atomic E-state index is -1.19. The van der Waals surface area contributed by atoms with Gasteiger partial charge in [-0.3, -0.25) is 28.8 Å². The zero-order chi connectivity index (χ0) is 44.5. The first-order valence-corrected chi connectivity index (χ1v) is 21.8. The number of rotatable bonds is 44. The highest BCUT2D eigenvalue weighted by molar-refractivity contribution is 5.84. The number of hydrogen-bond donors (Lipinski definition) is 8. The van der Waals surface area contributed by atoms with Crippen LogP contribution in [0.15, 0.2) is 0 Å². The zero-order valence-corrected chi connectivity index (χ0v) is 35.7. The lowest BCUT2D eigenvalue weighted by Gasteiger charge is -2.14. The van der Waals surface area contributed by atoms with Crippen molar-refractivity contribution in [1.29, 1.82) is 0 Å². The predicted molar refractivity (Wildman–Crippen MR) is 222 cm³/mol. The van der Waals surface area contributed by atoms with Gasteiger partial charge in [0.2, 0.25) is 23.6 Å². The standard InChI is InChI=1S/C41H75N5O14/c42-33(40(53)54)17-15-16-22-43-37(49)31-59-29-28-58-26-24-45-38(50)32-60-30-27-57-25-23-44-35(47)21-20-34(41(55)56)46-36(48)18-13-11-9-7-5-3-1-2-4-6-8-10-12-14-19-39(51)52/h33-34H,1-32,42H2,(H,43,49)(H,44,47)(H,45,50)(H,46,48)(H,51,52)(H,53,54)(H,55,56)/t33-,34+/m1/s1. The van der Waals surface area contributed by atoms with Gasteiger partial charge >= 0.3 is 17.9 Å². The summed E-state index contributed by atoms with van der Waals surface area (Å²) in [6.07, 6.45) is 17.0. The van der Waals surface area contributed by atoms with Crippen molar-refractivity contribution in [2.75, 3.05) is 72.5 Å². The van der Waals surface area contributed by atoms with Gasteiger partial charge in [-0.15, -0.1) is 0 Å². The number of hydrogen-bond acceptors (Lipinski definition) is 12. The van der Waals surface area contributed by atoms with Crippen LogP contribution in [0.3, 0.4) is 0 Å².